The zero-order valence-corrected chi connectivity index (χ0v) is 10.8. The van der Waals surface area contributed by atoms with Gasteiger partial charge in [-0.05, 0) is 6.42 Å². The number of carbonyl (C=O) groups is 1. The molecule has 2 atom stereocenters. The summed E-state index contributed by atoms with van der Waals surface area (Å²) in [5, 5.41) is 19.2. The van der Waals surface area contributed by atoms with E-state index < -0.39 is 28.3 Å². The Labute approximate surface area is 107 Å². The van der Waals surface area contributed by atoms with Gasteiger partial charge in [0.25, 0.3) is 0 Å². The second-order valence-electron chi connectivity index (χ2n) is 3.94. The number of carboxylic acids is 1. The standard InChI is InChI=1S/C6H14N2O3S.C2HF3O2/c1-12(10,11)8-5-2-6(9)4-7-3-5;3-2(4,5)1(6)7/h5-9H,2-4H2,1H3;(H,6,7)/t5-,6-;/m0./s1. The third kappa shape index (κ3) is 9.64. The van der Waals surface area contributed by atoms with Crippen LogP contribution in [0.2, 0.25) is 0 Å². The minimum absolute atomic E-state index is 0.177. The summed E-state index contributed by atoms with van der Waals surface area (Å²) >= 11 is 0. The minimum Gasteiger partial charge on any atom is -0.475 e. The first-order chi connectivity index (χ1) is 8.42. The summed E-state index contributed by atoms with van der Waals surface area (Å²) in [7, 11) is -3.15. The first kappa shape index (κ1) is 18.1. The summed E-state index contributed by atoms with van der Waals surface area (Å²) in [4.78, 5) is 8.90. The van der Waals surface area contributed by atoms with E-state index in [9.17, 15) is 26.7 Å². The van der Waals surface area contributed by atoms with Gasteiger partial charge in [0.05, 0.1) is 12.4 Å². The molecule has 0 aromatic rings. The largest absolute Gasteiger partial charge is 0.490 e. The lowest BCUT2D eigenvalue weighted by Gasteiger charge is -2.26. The monoisotopic (exact) mass is 308 g/mol. The number of β-amino-alcohol motifs (C(OH)–C–C–N with tert-alkyl or cyclic N) is 1. The Kier molecular flexibility index (Phi) is 6.69. The second-order valence-corrected chi connectivity index (χ2v) is 5.72. The van der Waals surface area contributed by atoms with Crippen LogP contribution >= 0.6 is 0 Å². The maximum absolute atomic E-state index is 10.8. The van der Waals surface area contributed by atoms with Crippen LogP contribution in [-0.4, -0.2) is 62.3 Å². The Morgan fingerprint density at radius 1 is 1.37 bits per heavy atom. The van der Waals surface area contributed by atoms with Crippen molar-refractivity contribution in [3.8, 4) is 0 Å². The highest BCUT2D eigenvalue weighted by molar-refractivity contribution is 7.88. The van der Waals surface area contributed by atoms with E-state index in [1.165, 1.54) is 0 Å². The van der Waals surface area contributed by atoms with E-state index in [-0.39, 0.29) is 6.04 Å². The second kappa shape index (κ2) is 7.03. The van der Waals surface area contributed by atoms with Gasteiger partial charge in [-0.3, -0.25) is 0 Å². The molecular formula is C8H15F3N2O5S. The Morgan fingerprint density at radius 2 is 1.84 bits per heavy atom. The molecule has 0 aliphatic carbocycles. The average Bonchev–Trinajstić information content (AvgIpc) is 2.13. The van der Waals surface area contributed by atoms with Gasteiger partial charge in [-0.2, -0.15) is 13.2 Å². The van der Waals surface area contributed by atoms with Crippen molar-refractivity contribution in [2.24, 2.45) is 0 Å². The number of hydrogen-bond donors (Lipinski definition) is 4. The van der Waals surface area contributed by atoms with Crippen LogP contribution in [0.4, 0.5) is 13.2 Å². The number of hydrogen-bond acceptors (Lipinski definition) is 5. The van der Waals surface area contributed by atoms with Crippen LogP contribution in [0.3, 0.4) is 0 Å². The van der Waals surface area contributed by atoms with Crippen LogP contribution in [0.25, 0.3) is 0 Å². The van der Waals surface area contributed by atoms with Gasteiger partial charge in [0, 0.05) is 19.1 Å². The van der Waals surface area contributed by atoms with E-state index in [2.05, 4.69) is 10.0 Å². The lowest BCUT2D eigenvalue weighted by Crippen LogP contribution is -2.50. The number of piperidine rings is 1. The first-order valence-corrected chi connectivity index (χ1v) is 6.97. The smallest absolute Gasteiger partial charge is 0.475 e. The molecule has 1 aliphatic heterocycles. The number of carboxylic acid groups (broad SMARTS) is 1. The van der Waals surface area contributed by atoms with E-state index in [4.69, 9.17) is 9.90 Å². The summed E-state index contributed by atoms with van der Waals surface area (Å²) in [5.41, 5.74) is 0. The lowest BCUT2D eigenvalue weighted by molar-refractivity contribution is -0.192. The van der Waals surface area contributed by atoms with E-state index >= 15 is 0 Å². The van der Waals surface area contributed by atoms with Crippen molar-refractivity contribution in [1.29, 1.82) is 0 Å². The van der Waals surface area contributed by atoms with Crippen LogP contribution in [0.15, 0.2) is 0 Å². The highest BCUT2D eigenvalue weighted by Crippen LogP contribution is 2.13. The van der Waals surface area contributed by atoms with E-state index in [1.54, 1.807) is 0 Å². The highest BCUT2D eigenvalue weighted by atomic mass is 32.2. The van der Waals surface area contributed by atoms with E-state index in [0.29, 0.717) is 19.5 Å². The van der Waals surface area contributed by atoms with Gasteiger partial charge < -0.3 is 15.5 Å². The normalized spacial score (nSPS) is 24.3. The average molecular weight is 308 g/mol. The molecule has 1 rings (SSSR count). The Hall–Kier alpha value is -0.910. The fraction of sp³-hybridized carbons (Fsp3) is 0.875. The van der Waals surface area contributed by atoms with Crippen molar-refractivity contribution < 1.29 is 36.6 Å². The molecule has 0 saturated carbocycles. The summed E-state index contributed by atoms with van der Waals surface area (Å²) in [6.07, 6.45) is -3.92. The molecule has 1 saturated heterocycles. The molecule has 0 aromatic carbocycles. The molecular weight excluding hydrogens is 293 g/mol. The number of alkyl halides is 3. The van der Waals surface area contributed by atoms with Gasteiger partial charge in [-0.15, -0.1) is 0 Å². The molecule has 0 unspecified atom stereocenters. The van der Waals surface area contributed by atoms with Crippen molar-refractivity contribution in [2.75, 3.05) is 19.3 Å². The van der Waals surface area contributed by atoms with Crippen LogP contribution in [0, 0.1) is 0 Å². The van der Waals surface area contributed by atoms with Crippen molar-refractivity contribution in [3.63, 3.8) is 0 Å². The third-order valence-electron chi connectivity index (χ3n) is 1.95. The predicted molar refractivity (Wildman–Crippen MR) is 59.0 cm³/mol. The number of nitrogens with one attached hydrogen (secondary N) is 2. The summed E-state index contributed by atoms with van der Waals surface area (Å²) in [5.74, 6) is -2.76. The number of sulfonamides is 1. The Bertz CT molecular complexity index is 398. The topological polar surface area (TPSA) is 116 Å². The molecule has 4 N–H and O–H groups in total. The van der Waals surface area contributed by atoms with Crippen molar-refractivity contribution in [3.05, 3.63) is 0 Å². The summed E-state index contributed by atoms with van der Waals surface area (Å²) in [6, 6.07) is -0.177. The molecule has 19 heavy (non-hydrogen) atoms. The fourth-order valence-electron chi connectivity index (χ4n) is 1.31. The van der Waals surface area contributed by atoms with Crippen LogP contribution in [-0.2, 0) is 14.8 Å². The lowest BCUT2D eigenvalue weighted by atomic mass is 10.1. The molecule has 7 nitrogen and oxygen atoms in total. The number of aliphatic carboxylic acids is 1. The van der Waals surface area contributed by atoms with Gasteiger partial charge >= 0.3 is 12.1 Å². The molecule has 0 bridgehead atoms. The molecule has 114 valence electrons. The van der Waals surface area contributed by atoms with Gasteiger partial charge in [-0.1, -0.05) is 0 Å². The van der Waals surface area contributed by atoms with Gasteiger partial charge in [-0.25, -0.2) is 17.9 Å². The number of halogens is 3. The van der Waals surface area contributed by atoms with Gasteiger partial charge in [0.15, 0.2) is 0 Å². The molecule has 0 amide bonds. The Morgan fingerprint density at radius 3 is 2.16 bits per heavy atom. The van der Waals surface area contributed by atoms with E-state index in [1.807, 2.05) is 0 Å². The first-order valence-electron chi connectivity index (χ1n) is 5.08. The Balaban J connectivity index is 0.000000399. The molecule has 0 aromatic heterocycles. The SMILES string of the molecule is CS(=O)(=O)N[C@@H]1CNC[C@@H](O)C1.O=C(O)C(F)(F)F. The molecule has 0 radical (unpaired) electrons. The van der Waals surface area contributed by atoms with Crippen LogP contribution in [0.1, 0.15) is 6.42 Å². The molecule has 1 aliphatic rings. The van der Waals surface area contributed by atoms with Gasteiger partial charge in [0.1, 0.15) is 0 Å². The summed E-state index contributed by atoms with van der Waals surface area (Å²) in [6.45, 7) is 1.13. The van der Waals surface area contributed by atoms with Crippen molar-refractivity contribution in [1.82, 2.24) is 10.0 Å². The zero-order chi connectivity index (χ0) is 15.3. The number of aliphatic hydroxyl groups excluding tert-OH is 1. The summed E-state index contributed by atoms with van der Waals surface area (Å²) < 4.78 is 55.7. The number of rotatable bonds is 2. The van der Waals surface area contributed by atoms with Crippen molar-refractivity contribution in [2.45, 2.75) is 24.7 Å². The quantitative estimate of drug-likeness (QED) is 0.514. The molecule has 1 heterocycles. The fourth-order valence-corrected chi connectivity index (χ4v) is 2.10. The zero-order valence-electron chi connectivity index (χ0n) is 9.94. The highest BCUT2D eigenvalue weighted by Gasteiger charge is 2.38. The van der Waals surface area contributed by atoms with Crippen molar-refractivity contribution >= 4 is 16.0 Å². The van der Waals surface area contributed by atoms with E-state index in [0.717, 1.165) is 6.26 Å². The number of aliphatic hydroxyl groups is 1. The third-order valence-corrected chi connectivity index (χ3v) is 2.71. The van der Waals surface area contributed by atoms with Crippen LogP contribution < -0.4 is 10.0 Å². The predicted octanol–water partition coefficient (Wildman–Crippen LogP) is -1.11. The maximum Gasteiger partial charge on any atom is 0.490 e. The van der Waals surface area contributed by atoms with Crippen LogP contribution in [0.5, 0.6) is 0 Å². The molecule has 11 heteroatoms. The maximum atomic E-state index is 10.8. The van der Waals surface area contributed by atoms with Gasteiger partial charge in [0.2, 0.25) is 10.0 Å². The minimum atomic E-state index is -5.08. The molecule has 0 spiro atoms. The molecule has 1 fully saturated rings.